The molecule has 3 heteroatoms. The molecule has 1 aliphatic carbocycles. The quantitative estimate of drug-likeness (QED) is 0.729. The van der Waals surface area contributed by atoms with Gasteiger partial charge in [0, 0.05) is 29.5 Å². The lowest BCUT2D eigenvalue weighted by molar-refractivity contribution is 0.120. The van der Waals surface area contributed by atoms with Crippen LogP contribution in [-0.4, -0.2) is 28.4 Å². The topological polar surface area (TPSA) is 16.1 Å². The van der Waals surface area contributed by atoms with Crippen LogP contribution >= 0.6 is 11.6 Å². The van der Waals surface area contributed by atoms with E-state index in [2.05, 4.69) is 47.1 Å². The lowest BCUT2D eigenvalue weighted by Crippen LogP contribution is -2.40. The monoisotopic (exact) mass is 302 g/mol. The van der Waals surface area contributed by atoms with E-state index in [0.717, 1.165) is 42.6 Å². The Kier molecular flexibility index (Phi) is 4.77. The Balaban J connectivity index is 1.87. The number of nitrogens with zero attached hydrogens (tertiary/aromatic N) is 2. The zero-order valence-electron chi connectivity index (χ0n) is 12.7. The van der Waals surface area contributed by atoms with Gasteiger partial charge in [-0.2, -0.15) is 0 Å². The van der Waals surface area contributed by atoms with Crippen molar-refractivity contribution in [2.24, 2.45) is 0 Å². The van der Waals surface area contributed by atoms with E-state index in [4.69, 9.17) is 11.6 Å². The van der Waals surface area contributed by atoms with Crippen molar-refractivity contribution in [2.75, 3.05) is 12.4 Å². The van der Waals surface area contributed by atoms with Crippen LogP contribution in [0.3, 0.4) is 0 Å². The van der Waals surface area contributed by atoms with Crippen LogP contribution < -0.4 is 0 Å². The van der Waals surface area contributed by atoms with E-state index in [1.54, 1.807) is 0 Å². The minimum Gasteiger partial charge on any atom is -0.296 e. The molecule has 1 aliphatic rings. The second kappa shape index (κ2) is 6.76. The molecule has 1 aromatic heterocycles. The van der Waals surface area contributed by atoms with Crippen LogP contribution in [0.15, 0.2) is 30.3 Å². The van der Waals surface area contributed by atoms with E-state index in [9.17, 15) is 0 Å². The van der Waals surface area contributed by atoms with Crippen LogP contribution in [0.2, 0.25) is 0 Å². The molecule has 1 heterocycles. The van der Waals surface area contributed by atoms with Crippen molar-refractivity contribution in [1.29, 1.82) is 0 Å². The van der Waals surface area contributed by atoms with Crippen LogP contribution in [0.25, 0.3) is 10.9 Å². The fourth-order valence-electron chi connectivity index (χ4n) is 3.15. The Morgan fingerprint density at radius 2 is 2.10 bits per heavy atom. The normalized spacial score (nSPS) is 15.6. The lowest BCUT2D eigenvalue weighted by atomic mass is 9.90. The van der Waals surface area contributed by atoms with Gasteiger partial charge in [0.15, 0.2) is 0 Å². The van der Waals surface area contributed by atoms with Crippen molar-refractivity contribution in [3.8, 4) is 0 Å². The minimum atomic E-state index is 0.749. The highest BCUT2D eigenvalue weighted by Crippen LogP contribution is 2.28. The number of halogens is 1. The Hall–Kier alpha value is -1.12. The van der Waals surface area contributed by atoms with Gasteiger partial charge in [0.25, 0.3) is 0 Å². The molecule has 0 aliphatic heterocycles. The number of aryl methyl sites for hydroxylation is 1. The highest BCUT2D eigenvalue weighted by atomic mass is 35.5. The summed E-state index contributed by atoms with van der Waals surface area (Å²) in [6.07, 6.45) is 5.12. The third kappa shape index (κ3) is 3.38. The fraction of sp³-hybridized carbons (Fsp3) is 0.500. The highest BCUT2D eigenvalue weighted by Gasteiger charge is 2.25. The molecule has 3 rings (SSSR count). The second-order valence-electron chi connectivity index (χ2n) is 6.04. The zero-order valence-corrected chi connectivity index (χ0v) is 13.4. The summed E-state index contributed by atoms with van der Waals surface area (Å²) in [5.41, 5.74) is 3.62. The summed E-state index contributed by atoms with van der Waals surface area (Å²) in [6.45, 7) is 4.21. The number of para-hydroxylation sites is 1. The molecular formula is C18H23ClN2. The molecule has 0 amide bonds. The molecule has 0 unspecified atom stereocenters. The molecular weight excluding hydrogens is 280 g/mol. The minimum absolute atomic E-state index is 0.749. The number of hydrogen-bond donors (Lipinski definition) is 0. The molecule has 0 N–H and O–H groups in total. The Morgan fingerprint density at radius 1 is 1.29 bits per heavy atom. The van der Waals surface area contributed by atoms with Gasteiger partial charge in [0.2, 0.25) is 0 Å². The maximum Gasteiger partial charge on any atom is 0.0708 e. The van der Waals surface area contributed by atoms with Crippen molar-refractivity contribution in [3.63, 3.8) is 0 Å². The zero-order chi connectivity index (χ0) is 14.7. The summed E-state index contributed by atoms with van der Waals surface area (Å²) in [7, 11) is 0. The molecule has 2 aromatic rings. The number of fused-ring (bicyclic) bond motifs is 1. The first-order valence-electron chi connectivity index (χ1n) is 7.93. The molecule has 1 fully saturated rings. The van der Waals surface area contributed by atoms with Gasteiger partial charge in [-0.15, -0.1) is 11.6 Å². The largest absolute Gasteiger partial charge is 0.296 e. The van der Waals surface area contributed by atoms with Gasteiger partial charge in [-0.3, -0.25) is 9.88 Å². The van der Waals surface area contributed by atoms with Crippen molar-refractivity contribution in [3.05, 3.63) is 41.6 Å². The molecule has 0 radical (unpaired) electrons. The van der Waals surface area contributed by atoms with Gasteiger partial charge in [-0.1, -0.05) is 24.6 Å². The molecule has 1 saturated carbocycles. The summed E-state index contributed by atoms with van der Waals surface area (Å²) in [4.78, 5) is 7.26. The predicted molar refractivity (Wildman–Crippen MR) is 89.9 cm³/mol. The van der Waals surface area contributed by atoms with E-state index in [-0.39, 0.29) is 0 Å². The second-order valence-corrected chi connectivity index (χ2v) is 6.42. The Morgan fingerprint density at radius 3 is 2.81 bits per heavy atom. The smallest absolute Gasteiger partial charge is 0.0708 e. The van der Waals surface area contributed by atoms with E-state index in [1.165, 1.54) is 30.2 Å². The van der Waals surface area contributed by atoms with Crippen molar-refractivity contribution in [2.45, 2.75) is 45.2 Å². The van der Waals surface area contributed by atoms with E-state index < -0.39 is 0 Å². The fourth-order valence-corrected chi connectivity index (χ4v) is 3.27. The van der Waals surface area contributed by atoms with Crippen molar-refractivity contribution in [1.82, 2.24) is 9.88 Å². The van der Waals surface area contributed by atoms with Crippen molar-refractivity contribution >= 4 is 22.5 Å². The molecule has 0 spiro atoms. The van der Waals surface area contributed by atoms with Gasteiger partial charge in [-0.05, 0) is 50.4 Å². The highest BCUT2D eigenvalue weighted by molar-refractivity contribution is 6.17. The first kappa shape index (κ1) is 14.8. The maximum atomic E-state index is 5.90. The van der Waals surface area contributed by atoms with Crippen LogP contribution in [-0.2, 0) is 6.54 Å². The van der Waals surface area contributed by atoms with Gasteiger partial charge in [0.1, 0.15) is 0 Å². The molecule has 2 nitrogen and oxygen atoms in total. The number of hydrogen-bond acceptors (Lipinski definition) is 2. The van der Waals surface area contributed by atoms with Crippen molar-refractivity contribution < 1.29 is 0 Å². The van der Waals surface area contributed by atoms with Crippen LogP contribution in [0.5, 0.6) is 0 Å². The number of pyridine rings is 1. The maximum absolute atomic E-state index is 5.90. The summed E-state index contributed by atoms with van der Waals surface area (Å²) >= 11 is 5.90. The summed E-state index contributed by atoms with van der Waals surface area (Å²) < 4.78 is 0. The molecule has 0 saturated heterocycles. The first-order chi connectivity index (χ1) is 10.3. The molecule has 0 atom stereocenters. The molecule has 21 heavy (non-hydrogen) atoms. The van der Waals surface area contributed by atoms with Gasteiger partial charge in [-0.25, -0.2) is 0 Å². The van der Waals surface area contributed by atoms with Gasteiger partial charge < -0.3 is 0 Å². The van der Waals surface area contributed by atoms with Crippen LogP contribution in [0.1, 0.15) is 36.9 Å². The number of rotatable bonds is 6. The third-order valence-corrected chi connectivity index (χ3v) is 4.74. The third-order valence-electron chi connectivity index (χ3n) is 4.47. The van der Waals surface area contributed by atoms with Gasteiger partial charge >= 0.3 is 0 Å². The average Bonchev–Trinajstić information content (AvgIpc) is 2.42. The molecule has 0 bridgehead atoms. The predicted octanol–water partition coefficient (Wildman–Crippen LogP) is 4.53. The molecule has 112 valence electrons. The summed E-state index contributed by atoms with van der Waals surface area (Å²) in [5.74, 6) is 0.749. The van der Waals surface area contributed by atoms with E-state index in [0.29, 0.717) is 0 Å². The number of alkyl halides is 1. The standard InChI is InChI=1S/C18H23ClN2/c1-14-12-15(17-8-2-3-9-18(17)20-14)13-21(11-5-10-19)16-6-4-7-16/h2-3,8-9,12,16H,4-7,10-11,13H2,1H3. The van der Waals surface area contributed by atoms with Crippen LogP contribution in [0.4, 0.5) is 0 Å². The summed E-state index contributed by atoms with van der Waals surface area (Å²) in [6, 6.07) is 11.5. The summed E-state index contributed by atoms with van der Waals surface area (Å²) in [5, 5.41) is 1.29. The first-order valence-corrected chi connectivity index (χ1v) is 8.46. The van der Waals surface area contributed by atoms with Gasteiger partial charge in [0.05, 0.1) is 5.52 Å². The number of benzene rings is 1. The number of aromatic nitrogens is 1. The average molecular weight is 303 g/mol. The Labute approximate surface area is 132 Å². The van der Waals surface area contributed by atoms with E-state index >= 15 is 0 Å². The van der Waals surface area contributed by atoms with E-state index in [1.807, 2.05) is 0 Å². The van der Waals surface area contributed by atoms with Crippen LogP contribution in [0, 0.1) is 6.92 Å². The Bertz CT molecular complexity index is 607. The SMILES string of the molecule is Cc1cc(CN(CCCCl)C2CCC2)c2ccccc2n1. The molecule has 1 aromatic carbocycles. The lowest BCUT2D eigenvalue weighted by Gasteiger charge is -2.37.